The molecule has 1 heterocycles. The van der Waals surface area contributed by atoms with Crippen LogP contribution in [-0.4, -0.2) is 17.1 Å². The van der Waals surface area contributed by atoms with E-state index < -0.39 is 5.82 Å². The maximum Gasteiger partial charge on any atom is 0.254 e. The van der Waals surface area contributed by atoms with E-state index in [1.165, 1.54) is 13.2 Å². The number of aromatic nitrogens is 2. The zero-order chi connectivity index (χ0) is 14.9. The van der Waals surface area contributed by atoms with Crippen molar-refractivity contribution in [3.63, 3.8) is 0 Å². The Bertz CT molecular complexity index is 693. The molecule has 0 amide bonds. The topological polar surface area (TPSA) is 55.0 Å². The van der Waals surface area contributed by atoms with Gasteiger partial charge in [-0.3, -0.25) is 4.79 Å². The van der Waals surface area contributed by atoms with E-state index in [0.29, 0.717) is 28.4 Å². The van der Waals surface area contributed by atoms with Crippen LogP contribution in [0.4, 0.5) is 4.39 Å². The SMILES string of the molecule is COc1ccc(-c2nc(C(C)C)[nH]c(=O)c2C)c(F)c1. The number of nitrogens with zero attached hydrogens (tertiary/aromatic N) is 1. The molecule has 1 aromatic carbocycles. The van der Waals surface area contributed by atoms with Crippen molar-refractivity contribution < 1.29 is 9.13 Å². The normalized spacial score (nSPS) is 10.9. The predicted molar refractivity (Wildman–Crippen MR) is 75.6 cm³/mol. The van der Waals surface area contributed by atoms with Gasteiger partial charge in [-0.2, -0.15) is 0 Å². The van der Waals surface area contributed by atoms with E-state index >= 15 is 0 Å². The molecule has 0 saturated heterocycles. The summed E-state index contributed by atoms with van der Waals surface area (Å²) in [6, 6.07) is 4.51. The quantitative estimate of drug-likeness (QED) is 0.937. The molecule has 2 rings (SSSR count). The summed E-state index contributed by atoms with van der Waals surface area (Å²) in [6.45, 7) is 5.47. The second kappa shape index (κ2) is 5.45. The molecule has 0 atom stereocenters. The maximum absolute atomic E-state index is 14.1. The second-order valence-electron chi connectivity index (χ2n) is 4.93. The second-order valence-corrected chi connectivity index (χ2v) is 4.93. The van der Waals surface area contributed by atoms with Crippen LogP contribution < -0.4 is 10.3 Å². The number of rotatable bonds is 3. The van der Waals surface area contributed by atoms with Gasteiger partial charge in [0, 0.05) is 23.1 Å². The molecule has 0 aliphatic heterocycles. The van der Waals surface area contributed by atoms with Gasteiger partial charge in [0.05, 0.1) is 12.8 Å². The van der Waals surface area contributed by atoms with Crippen molar-refractivity contribution >= 4 is 0 Å². The van der Waals surface area contributed by atoms with Crippen LogP contribution in [0.1, 0.15) is 31.2 Å². The molecule has 4 nitrogen and oxygen atoms in total. The molecule has 0 aliphatic carbocycles. The fourth-order valence-electron chi connectivity index (χ4n) is 1.90. The molecule has 1 aromatic heterocycles. The minimum absolute atomic E-state index is 0.0587. The molecular formula is C15H17FN2O2. The van der Waals surface area contributed by atoms with Gasteiger partial charge in [-0.25, -0.2) is 9.37 Å². The zero-order valence-electron chi connectivity index (χ0n) is 12.0. The molecule has 0 fully saturated rings. The predicted octanol–water partition coefficient (Wildman–Crippen LogP) is 3.02. The Morgan fingerprint density at radius 1 is 1.35 bits per heavy atom. The van der Waals surface area contributed by atoms with E-state index in [1.807, 2.05) is 13.8 Å². The van der Waals surface area contributed by atoms with Crippen molar-refractivity contribution in [2.45, 2.75) is 26.7 Å². The highest BCUT2D eigenvalue weighted by Gasteiger charge is 2.15. The van der Waals surface area contributed by atoms with Gasteiger partial charge in [-0.05, 0) is 19.1 Å². The lowest BCUT2D eigenvalue weighted by Crippen LogP contribution is -2.17. The Morgan fingerprint density at radius 2 is 2.05 bits per heavy atom. The molecule has 2 aromatic rings. The lowest BCUT2D eigenvalue weighted by Gasteiger charge is -2.11. The van der Waals surface area contributed by atoms with Crippen LogP contribution in [0.3, 0.4) is 0 Å². The van der Waals surface area contributed by atoms with Gasteiger partial charge in [-0.15, -0.1) is 0 Å². The summed E-state index contributed by atoms with van der Waals surface area (Å²) < 4.78 is 19.1. The Hall–Kier alpha value is -2.17. The summed E-state index contributed by atoms with van der Waals surface area (Å²) in [5, 5.41) is 0. The average Bonchev–Trinajstić information content (AvgIpc) is 2.41. The molecule has 0 radical (unpaired) electrons. The fourth-order valence-corrected chi connectivity index (χ4v) is 1.90. The van der Waals surface area contributed by atoms with Crippen LogP contribution in [-0.2, 0) is 0 Å². The first-order valence-corrected chi connectivity index (χ1v) is 6.38. The highest BCUT2D eigenvalue weighted by molar-refractivity contribution is 5.64. The number of hydrogen-bond acceptors (Lipinski definition) is 3. The fraction of sp³-hybridized carbons (Fsp3) is 0.333. The van der Waals surface area contributed by atoms with Gasteiger partial charge in [0.1, 0.15) is 17.4 Å². The van der Waals surface area contributed by atoms with Crippen molar-refractivity contribution in [1.82, 2.24) is 9.97 Å². The van der Waals surface area contributed by atoms with Crippen LogP contribution in [0.25, 0.3) is 11.3 Å². The van der Waals surface area contributed by atoms with Gasteiger partial charge in [0.2, 0.25) is 0 Å². The monoisotopic (exact) mass is 276 g/mol. The number of halogens is 1. The summed E-state index contributed by atoms with van der Waals surface area (Å²) in [4.78, 5) is 19.0. The van der Waals surface area contributed by atoms with Crippen LogP contribution >= 0.6 is 0 Å². The Morgan fingerprint density at radius 3 is 2.60 bits per heavy atom. The van der Waals surface area contributed by atoms with Crippen LogP contribution in [0, 0.1) is 12.7 Å². The molecule has 0 bridgehead atoms. The summed E-state index contributed by atoms with van der Waals surface area (Å²) in [5.74, 6) is 0.576. The molecule has 0 spiro atoms. The molecule has 1 N–H and O–H groups in total. The van der Waals surface area contributed by atoms with E-state index in [0.717, 1.165) is 0 Å². The van der Waals surface area contributed by atoms with E-state index in [4.69, 9.17) is 4.74 Å². The number of ether oxygens (including phenoxy) is 1. The van der Waals surface area contributed by atoms with Gasteiger partial charge >= 0.3 is 0 Å². The van der Waals surface area contributed by atoms with Gasteiger partial charge in [0.25, 0.3) is 5.56 Å². The Labute approximate surface area is 116 Å². The first kappa shape index (κ1) is 14.2. The van der Waals surface area contributed by atoms with Crippen LogP contribution in [0.15, 0.2) is 23.0 Å². The van der Waals surface area contributed by atoms with E-state index in [-0.39, 0.29) is 11.5 Å². The standard InChI is InChI=1S/C15H17FN2O2/c1-8(2)14-17-13(9(3)15(19)18-14)11-6-5-10(20-4)7-12(11)16/h5-8H,1-4H3,(H,17,18,19). The molecule has 0 saturated carbocycles. The largest absolute Gasteiger partial charge is 0.497 e. The number of benzene rings is 1. The van der Waals surface area contributed by atoms with Crippen LogP contribution in [0.2, 0.25) is 0 Å². The third-order valence-corrected chi connectivity index (χ3v) is 3.15. The summed E-state index contributed by atoms with van der Waals surface area (Å²) in [7, 11) is 1.47. The smallest absolute Gasteiger partial charge is 0.254 e. The minimum Gasteiger partial charge on any atom is -0.497 e. The van der Waals surface area contributed by atoms with E-state index in [1.54, 1.807) is 19.1 Å². The molecule has 0 unspecified atom stereocenters. The summed E-state index contributed by atoms with van der Waals surface area (Å²) >= 11 is 0. The van der Waals surface area contributed by atoms with Crippen molar-refractivity contribution in [2.24, 2.45) is 0 Å². The first-order valence-electron chi connectivity index (χ1n) is 6.38. The highest BCUT2D eigenvalue weighted by Crippen LogP contribution is 2.26. The van der Waals surface area contributed by atoms with Crippen molar-refractivity contribution in [1.29, 1.82) is 0 Å². The van der Waals surface area contributed by atoms with E-state index in [2.05, 4.69) is 9.97 Å². The molecular weight excluding hydrogens is 259 g/mol. The summed E-state index contributed by atoms with van der Waals surface area (Å²) in [5.41, 5.74) is 0.835. The van der Waals surface area contributed by atoms with Crippen LogP contribution in [0.5, 0.6) is 5.75 Å². The van der Waals surface area contributed by atoms with Gasteiger partial charge in [-0.1, -0.05) is 13.8 Å². The van der Waals surface area contributed by atoms with Gasteiger partial charge in [0.15, 0.2) is 0 Å². The highest BCUT2D eigenvalue weighted by atomic mass is 19.1. The molecule has 5 heteroatoms. The molecule has 0 aliphatic rings. The first-order chi connectivity index (χ1) is 9.43. The third-order valence-electron chi connectivity index (χ3n) is 3.15. The van der Waals surface area contributed by atoms with E-state index in [9.17, 15) is 9.18 Å². The average molecular weight is 276 g/mol. The molecule has 106 valence electrons. The summed E-state index contributed by atoms with van der Waals surface area (Å²) in [6.07, 6.45) is 0. The number of nitrogens with one attached hydrogen (secondary N) is 1. The Balaban J connectivity index is 2.66. The zero-order valence-corrected chi connectivity index (χ0v) is 12.0. The maximum atomic E-state index is 14.1. The minimum atomic E-state index is -0.458. The molecule has 20 heavy (non-hydrogen) atoms. The number of hydrogen-bond donors (Lipinski definition) is 1. The van der Waals surface area contributed by atoms with Crippen molar-refractivity contribution in [3.8, 4) is 17.0 Å². The number of aromatic amines is 1. The number of H-pyrrole nitrogens is 1. The van der Waals surface area contributed by atoms with Crippen molar-refractivity contribution in [3.05, 3.63) is 45.8 Å². The third kappa shape index (κ3) is 2.57. The Kier molecular flexibility index (Phi) is 3.88. The lowest BCUT2D eigenvalue weighted by molar-refractivity contribution is 0.411. The number of methoxy groups -OCH3 is 1. The van der Waals surface area contributed by atoms with Crippen molar-refractivity contribution in [2.75, 3.05) is 7.11 Å². The lowest BCUT2D eigenvalue weighted by atomic mass is 10.1. The van der Waals surface area contributed by atoms with Gasteiger partial charge < -0.3 is 9.72 Å².